The first-order valence-corrected chi connectivity index (χ1v) is 8.63. The predicted octanol–water partition coefficient (Wildman–Crippen LogP) is 4.99. The first-order valence-electron chi connectivity index (χ1n) is 7.82. The summed E-state index contributed by atoms with van der Waals surface area (Å²) in [4.78, 5) is 16.6. The lowest BCUT2D eigenvalue weighted by atomic mass is 10.1. The zero-order valence-electron chi connectivity index (χ0n) is 12.9. The molecule has 1 aromatic heterocycles. The quantitative estimate of drug-likeness (QED) is 0.390. The van der Waals surface area contributed by atoms with Crippen molar-refractivity contribution in [2.75, 3.05) is 0 Å². The average Bonchev–Trinajstić information content (AvgIpc) is 3.03. The molecule has 0 aliphatic carbocycles. The van der Waals surface area contributed by atoms with E-state index in [-0.39, 0.29) is 5.97 Å². The topological polar surface area (TPSA) is 39.2 Å². The van der Waals surface area contributed by atoms with E-state index in [9.17, 15) is 4.79 Å². The van der Waals surface area contributed by atoms with Crippen LogP contribution in [0.2, 0.25) is 0 Å². The van der Waals surface area contributed by atoms with Gasteiger partial charge in [-0.2, -0.15) is 0 Å². The van der Waals surface area contributed by atoms with E-state index >= 15 is 0 Å². The van der Waals surface area contributed by atoms with Crippen LogP contribution in [0.25, 0.3) is 21.0 Å². The van der Waals surface area contributed by atoms with Gasteiger partial charge in [0.1, 0.15) is 5.75 Å². The van der Waals surface area contributed by atoms with Gasteiger partial charge in [-0.25, -0.2) is 4.98 Å². The molecule has 0 saturated carbocycles. The number of rotatable bonds is 4. The van der Waals surface area contributed by atoms with Crippen LogP contribution in [0, 0.1) is 0 Å². The number of aromatic nitrogens is 1. The second-order valence-corrected chi connectivity index (χ2v) is 6.67. The zero-order valence-corrected chi connectivity index (χ0v) is 13.8. The highest BCUT2D eigenvalue weighted by Crippen LogP contribution is 2.23. The molecule has 4 heteroatoms. The van der Waals surface area contributed by atoms with Gasteiger partial charge in [-0.3, -0.25) is 4.79 Å². The number of benzene rings is 3. The molecular weight excluding hydrogens is 318 g/mol. The third kappa shape index (κ3) is 3.14. The summed E-state index contributed by atoms with van der Waals surface area (Å²) in [5, 5.41) is 3.16. The Balaban J connectivity index is 1.42. The SMILES string of the molecule is O=C(CCc1nc2ccccc2s1)Oc1ccc2ccccc2c1. The molecule has 0 amide bonds. The molecule has 4 aromatic rings. The Bertz CT molecular complexity index is 989. The predicted molar refractivity (Wildman–Crippen MR) is 97.5 cm³/mol. The molecule has 0 radical (unpaired) electrons. The van der Waals surface area contributed by atoms with Crippen LogP contribution in [0.1, 0.15) is 11.4 Å². The molecule has 24 heavy (non-hydrogen) atoms. The van der Waals surface area contributed by atoms with Crippen LogP contribution in [-0.2, 0) is 11.2 Å². The molecule has 3 nitrogen and oxygen atoms in total. The van der Waals surface area contributed by atoms with Crippen LogP contribution in [0.15, 0.2) is 66.7 Å². The second kappa shape index (κ2) is 6.42. The fourth-order valence-corrected chi connectivity index (χ4v) is 3.62. The molecule has 0 unspecified atom stereocenters. The van der Waals surface area contributed by atoms with Crippen molar-refractivity contribution in [1.82, 2.24) is 4.98 Å². The third-order valence-electron chi connectivity index (χ3n) is 3.83. The van der Waals surface area contributed by atoms with E-state index in [0.717, 1.165) is 26.0 Å². The highest BCUT2D eigenvalue weighted by Gasteiger charge is 2.09. The van der Waals surface area contributed by atoms with E-state index in [2.05, 4.69) is 4.98 Å². The Hall–Kier alpha value is -2.72. The molecule has 4 rings (SSSR count). The standard InChI is InChI=1S/C20H15NO2S/c22-20(12-11-19-21-17-7-3-4-8-18(17)24-19)23-16-10-9-14-5-1-2-6-15(14)13-16/h1-10,13H,11-12H2. The van der Waals surface area contributed by atoms with Gasteiger partial charge < -0.3 is 4.74 Å². The summed E-state index contributed by atoms with van der Waals surface area (Å²) in [5.74, 6) is 0.354. The number of aryl methyl sites for hydroxylation is 1. The summed E-state index contributed by atoms with van der Waals surface area (Å²) < 4.78 is 6.60. The Labute approximate surface area is 143 Å². The Kier molecular flexibility index (Phi) is 3.97. The van der Waals surface area contributed by atoms with Crippen LogP contribution in [0.3, 0.4) is 0 Å². The van der Waals surface area contributed by atoms with Crippen LogP contribution in [0.5, 0.6) is 5.75 Å². The molecule has 1 heterocycles. The van der Waals surface area contributed by atoms with Gasteiger partial charge in [0, 0.05) is 6.42 Å². The van der Waals surface area contributed by atoms with Gasteiger partial charge in [0.25, 0.3) is 0 Å². The maximum absolute atomic E-state index is 12.1. The molecule has 0 aliphatic heterocycles. The van der Waals surface area contributed by atoms with E-state index in [0.29, 0.717) is 18.6 Å². The minimum atomic E-state index is -0.232. The number of esters is 1. The summed E-state index contributed by atoms with van der Waals surface area (Å²) >= 11 is 1.63. The number of ether oxygens (including phenoxy) is 1. The van der Waals surface area contributed by atoms with Gasteiger partial charge in [-0.1, -0.05) is 42.5 Å². The third-order valence-corrected chi connectivity index (χ3v) is 4.93. The number of carbonyl (C=O) groups excluding carboxylic acids is 1. The zero-order chi connectivity index (χ0) is 16.4. The Morgan fingerprint density at radius 1 is 0.958 bits per heavy atom. The van der Waals surface area contributed by atoms with E-state index in [1.807, 2.05) is 66.7 Å². The summed E-state index contributed by atoms with van der Waals surface area (Å²) in [6, 6.07) is 21.7. The molecule has 0 saturated heterocycles. The van der Waals surface area contributed by atoms with Crippen molar-refractivity contribution in [3.05, 3.63) is 71.7 Å². The van der Waals surface area contributed by atoms with Crippen molar-refractivity contribution in [2.45, 2.75) is 12.8 Å². The maximum atomic E-state index is 12.1. The summed E-state index contributed by atoms with van der Waals surface area (Å²) in [6.07, 6.45) is 0.929. The number of carbonyl (C=O) groups is 1. The van der Waals surface area contributed by atoms with Crippen molar-refractivity contribution in [3.8, 4) is 5.75 Å². The molecular formula is C20H15NO2S. The fourth-order valence-electron chi connectivity index (χ4n) is 2.65. The normalized spacial score (nSPS) is 11.0. The van der Waals surface area contributed by atoms with Crippen molar-refractivity contribution < 1.29 is 9.53 Å². The van der Waals surface area contributed by atoms with Gasteiger partial charge in [0.2, 0.25) is 0 Å². The molecule has 118 valence electrons. The summed E-state index contributed by atoms with van der Waals surface area (Å²) in [7, 11) is 0. The molecule has 0 N–H and O–H groups in total. The van der Waals surface area contributed by atoms with E-state index in [4.69, 9.17) is 4.74 Å². The van der Waals surface area contributed by atoms with Crippen molar-refractivity contribution in [2.24, 2.45) is 0 Å². The Morgan fingerprint density at radius 2 is 1.75 bits per heavy atom. The lowest BCUT2D eigenvalue weighted by Crippen LogP contribution is -2.08. The maximum Gasteiger partial charge on any atom is 0.311 e. The highest BCUT2D eigenvalue weighted by atomic mass is 32.1. The van der Waals surface area contributed by atoms with E-state index in [1.165, 1.54) is 0 Å². The first kappa shape index (κ1) is 14.8. The minimum Gasteiger partial charge on any atom is -0.426 e. The van der Waals surface area contributed by atoms with Crippen molar-refractivity contribution in [1.29, 1.82) is 0 Å². The lowest BCUT2D eigenvalue weighted by Gasteiger charge is -2.05. The van der Waals surface area contributed by atoms with Crippen LogP contribution in [0.4, 0.5) is 0 Å². The van der Waals surface area contributed by atoms with Crippen LogP contribution < -0.4 is 4.74 Å². The number of para-hydroxylation sites is 1. The summed E-state index contributed by atoms with van der Waals surface area (Å²) in [5.41, 5.74) is 0.986. The average molecular weight is 333 g/mol. The monoisotopic (exact) mass is 333 g/mol. The van der Waals surface area contributed by atoms with E-state index < -0.39 is 0 Å². The fraction of sp³-hybridized carbons (Fsp3) is 0.100. The number of fused-ring (bicyclic) bond motifs is 2. The molecule has 0 bridgehead atoms. The summed E-state index contributed by atoms with van der Waals surface area (Å²) in [6.45, 7) is 0. The molecule has 3 aromatic carbocycles. The number of thiazole rings is 1. The van der Waals surface area contributed by atoms with Crippen molar-refractivity contribution >= 4 is 38.3 Å². The largest absolute Gasteiger partial charge is 0.426 e. The molecule has 0 fully saturated rings. The second-order valence-electron chi connectivity index (χ2n) is 5.56. The smallest absolute Gasteiger partial charge is 0.311 e. The number of hydrogen-bond acceptors (Lipinski definition) is 4. The van der Waals surface area contributed by atoms with Gasteiger partial charge in [-0.05, 0) is 35.0 Å². The molecule has 0 aliphatic rings. The lowest BCUT2D eigenvalue weighted by molar-refractivity contribution is -0.134. The Morgan fingerprint density at radius 3 is 2.62 bits per heavy atom. The van der Waals surface area contributed by atoms with Gasteiger partial charge in [0.05, 0.1) is 21.6 Å². The molecule has 0 atom stereocenters. The van der Waals surface area contributed by atoms with E-state index in [1.54, 1.807) is 11.3 Å². The van der Waals surface area contributed by atoms with Crippen molar-refractivity contribution in [3.63, 3.8) is 0 Å². The number of hydrogen-bond donors (Lipinski definition) is 0. The van der Waals surface area contributed by atoms with Crippen LogP contribution in [-0.4, -0.2) is 11.0 Å². The first-order chi connectivity index (χ1) is 11.8. The molecule has 0 spiro atoms. The van der Waals surface area contributed by atoms with Gasteiger partial charge in [-0.15, -0.1) is 11.3 Å². The minimum absolute atomic E-state index is 0.232. The van der Waals surface area contributed by atoms with Gasteiger partial charge in [0.15, 0.2) is 0 Å². The number of nitrogens with zero attached hydrogens (tertiary/aromatic N) is 1. The van der Waals surface area contributed by atoms with Crippen LogP contribution >= 0.6 is 11.3 Å². The highest BCUT2D eigenvalue weighted by molar-refractivity contribution is 7.18. The van der Waals surface area contributed by atoms with Gasteiger partial charge >= 0.3 is 5.97 Å².